The summed E-state index contributed by atoms with van der Waals surface area (Å²) >= 11 is 0. The molecule has 2 aliphatic heterocycles. The largest absolute Gasteiger partial charge is 0.494 e. The van der Waals surface area contributed by atoms with Crippen LogP contribution < -0.4 is 48.1 Å². The second-order valence-electron chi connectivity index (χ2n) is 10.9. The smallest absolute Gasteiger partial charge is 0.255 e. The number of nitrogens with zero attached hydrogens (tertiary/aromatic N) is 5. The number of nitrogens with one attached hydrogen (secondary N) is 2. The Morgan fingerprint density at radius 2 is 1.37 bits per heavy atom. The summed E-state index contributed by atoms with van der Waals surface area (Å²) in [4.78, 5) is 31.0. The summed E-state index contributed by atoms with van der Waals surface area (Å²) in [5.74, 6) is 1.56. The van der Waals surface area contributed by atoms with Crippen molar-refractivity contribution in [1.29, 1.82) is 0 Å². The minimum atomic E-state index is -0.209. The number of piperidine rings is 2. The van der Waals surface area contributed by atoms with Crippen LogP contribution in [-0.2, 0) is 0 Å². The molecule has 2 fully saturated rings. The Morgan fingerprint density at radius 3 is 1.88 bits per heavy atom. The molecule has 10 N–H and O–H groups in total. The van der Waals surface area contributed by atoms with Crippen LogP contribution in [0.2, 0.25) is 0 Å². The minimum absolute atomic E-state index is 0.0893. The van der Waals surface area contributed by atoms with Crippen molar-refractivity contribution < 1.29 is 9.53 Å². The number of amides is 1. The van der Waals surface area contributed by atoms with Crippen LogP contribution in [0.1, 0.15) is 28.8 Å². The fraction of sp³-hybridized carbons (Fsp3) is 0.429. The number of aromatic nitrogens is 3. The van der Waals surface area contributed by atoms with Crippen molar-refractivity contribution in [3.8, 4) is 5.75 Å². The predicted molar refractivity (Wildman–Crippen MR) is 161 cm³/mol. The first kappa shape index (κ1) is 28.5. The quantitative estimate of drug-likeness (QED) is 0.239. The average Bonchev–Trinajstić information content (AvgIpc) is 2.93. The lowest BCUT2D eigenvalue weighted by Crippen LogP contribution is -2.54. The Labute approximate surface area is 239 Å². The Morgan fingerprint density at radius 1 is 0.829 bits per heavy atom. The predicted octanol–water partition coefficient (Wildman–Crippen LogP) is 0.914. The third-order valence-corrected chi connectivity index (χ3v) is 7.29. The van der Waals surface area contributed by atoms with E-state index < -0.39 is 0 Å². The number of ether oxygens (including phenoxy) is 1. The number of methoxy groups -OCH3 is 1. The molecule has 5 rings (SSSR count). The van der Waals surface area contributed by atoms with Crippen molar-refractivity contribution in [2.45, 2.75) is 43.9 Å². The fourth-order valence-corrected chi connectivity index (χ4v) is 5.37. The second-order valence-corrected chi connectivity index (χ2v) is 10.9. The zero-order chi connectivity index (χ0) is 29.1. The fourth-order valence-electron chi connectivity index (χ4n) is 5.37. The van der Waals surface area contributed by atoms with Gasteiger partial charge in [0.25, 0.3) is 5.91 Å². The molecular formula is C28H39N11O2. The van der Waals surface area contributed by atoms with Crippen LogP contribution in [-0.4, -0.2) is 78.3 Å². The number of aryl methyl sites for hydroxylation is 1. The number of hydrogen-bond donors (Lipinski definition) is 6. The topological polar surface area (TPSA) is 200 Å². The van der Waals surface area contributed by atoms with Gasteiger partial charge >= 0.3 is 0 Å². The van der Waals surface area contributed by atoms with E-state index in [1.807, 2.05) is 41.0 Å². The molecule has 2 aromatic carbocycles. The Kier molecular flexibility index (Phi) is 8.49. The lowest BCUT2D eigenvalue weighted by atomic mass is 10.0. The Bertz CT molecular complexity index is 1310. The van der Waals surface area contributed by atoms with Crippen molar-refractivity contribution in [3.05, 3.63) is 53.6 Å². The van der Waals surface area contributed by atoms with Gasteiger partial charge in [0, 0.05) is 67.7 Å². The highest BCUT2D eigenvalue weighted by atomic mass is 16.5. The zero-order valence-corrected chi connectivity index (χ0v) is 23.5. The monoisotopic (exact) mass is 561 g/mol. The van der Waals surface area contributed by atoms with E-state index in [0.29, 0.717) is 66.7 Å². The van der Waals surface area contributed by atoms with Crippen molar-refractivity contribution in [1.82, 2.24) is 15.0 Å². The van der Waals surface area contributed by atoms with Gasteiger partial charge in [-0.05, 0) is 43.5 Å². The summed E-state index contributed by atoms with van der Waals surface area (Å²) in [5, 5.41) is 6.27. The van der Waals surface area contributed by atoms with Gasteiger partial charge in [-0.15, -0.1) is 0 Å². The average molecular weight is 562 g/mol. The molecule has 4 atom stereocenters. The summed E-state index contributed by atoms with van der Waals surface area (Å²) in [7, 11) is 1.57. The SMILES string of the molecule is COc1cc(NC(=O)c2ccccc2)c(C)cc1Nc1nc(N2C[C@H](N)C[C@H](N)C2)nc(N2C[C@H](N)C[C@H](N)C2)n1. The van der Waals surface area contributed by atoms with Gasteiger partial charge in [0.1, 0.15) is 5.75 Å². The van der Waals surface area contributed by atoms with Crippen molar-refractivity contribution >= 4 is 35.1 Å². The van der Waals surface area contributed by atoms with Gasteiger partial charge in [0.2, 0.25) is 17.8 Å². The molecule has 0 spiro atoms. The van der Waals surface area contributed by atoms with Crippen LogP contribution in [0.3, 0.4) is 0 Å². The Balaban J connectivity index is 1.46. The highest BCUT2D eigenvalue weighted by Crippen LogP contribution is 2.34. The van der Waals surface area contributed by atoms with Crippen molar-refractivity contribution in [2.24, 2.45) is 22.9 Å². The van der Waals surface area contributed by atoms with Gasteiger partial charge in [0.15, 0.2) is 0 Å². The number of nitrogens with two attached hydrogens (primary N) is 4. The zero-order valence-electron chi connectivity index (χ0n) is 23.5. The number of carbonyl (C=O) groups is 1. The first-order valence-electron chi connectivity index (χ1n) is 13.8. The number of anilines is 5. The molecule has 13 nitrogen and oxygen atoms in total. The molecule has 0 saturated carbocycles. The molecule has 1 aromatic heterocycles. The van der Waals surface area contributed by atoms with E-state index in [-0.39, 0.29) is 30.1 Å². The van der Waals surface area contributed by atoms with E-state index >= 15 is 0 Å². The highest BCUT2D eigenvalue weighted by molar-refractivity contribution is 6.05. The summed E-state index contributed by atoms with van der Waals surface area (Å²) in [5.41, 5.74) is 27.7. The van der Waals surface area contributed by atoms with Gasteiger partial charge in [-0.2, -0.15) is 15.0 Å². The van der Waals surface area contributed by atoms with E-state index in [9.17, 15) is 4.79 Å². The molecule has 2 saturated heterocycles. The molecule has 3 heterocycles. The van der Waals surface area contributed by atoms with Crippen LogP contribution >= 0.6 is 0 Å². The number of benzene rings is 2. The van der Waals surface area contributed by atoms with E-state index in [0.717, 1.165) is 18.4 Å². The molecule has 0 unspecified atom stereocenters. The maximum atomic E-state index is 12.8. The van der Waals surface area contributed by atoms with Gasteiger partial charge in [-0.1, -0.05) is 18.2 Å². The minimum Gasteiger partial charge on any atom is -0.494 e. The van der Waals surface area contributed by atoms with Crippen molar-refractivity contribution in [2.75, 3.05) is 53.7 Å². The molecule has 0 radical (unpaired) electrons. The molecular weight excluding hydrogens is 522 g/mol. The van der Waals surface area contributed by atoms with Gasteiger partial charge in [-0.25, -0.2) is 0 Å². The maximum Gasteiger partial charge on any atom is 0.255 e. The van der Waals surface area contributed by atoms with Crippen LogP contribution in [0.5, 0.6) is 5.75 Å². The third kappa shape index (κ3) is 6.82. The number of carbonyl (C=O) groups excluding carboxylic acids is 1. The maximum absolute atomic E-state index is 12.8. The van der Waals surface area contributed by atoms with Crippen LogP contribution in [0.4, 0.5) is 29.2 Å². The summed E-state index contributed by atoms with van der Waals surface area (Å²) in [6.45, 7) is 4.21. The summed E-state index contributed by atoms with van der Waals surface area (Å²) in [6, 6.07) is 12.3. The molecule has 13 heteroatoms. The van der Waals surface area contributed by atoms with Crippen LogP contribution in [0.25, 0.3) is 0 Å². The van der Waals surface area contributed by atoms with E-state index in [4.69, 9.17) is 42.6 Å². The molecule has 3 aromatic rings. The van der Waals surface area contributed by atoms with Crippen LogP contribution in [0, 0.1) is 6.92 Å². The molecule has 1 amide bonds. The number of hydrogen-bond acceptors (Lipinski definition) is 12. The number of rotatable bonds is 7. The molecule has 0 bridgehead atoms. The van der Waals surface area contributed by atoms with E-state index in [2.05, 4.69) is 10.6 Å². The standard InChI is InChI=1S/C28H39N11O2/c1-16-8-23(24(41-2)11-22(16)33-25(40)17-6-4-3-5-7-17)34-26-35-27(38-12-18(29)9-19(30)13-38)37-28(36-26)39-14-20(31)10-21(32)15-39/h3-8,11,18-21H,9-10,12-15,29-32H2,1-2H3,(H,33,40)(H,34,35,36,37)/t18-,19+,20-,21+. The molecule has 2 aliphatic rings. The third-order valence-electron chi connectivity index (χ3n) is 7.29. The highest BCUT2D eigenvalue weighted by Gasteiger charge is 2.29. The molecule has 218 valence electrons. The van der Waals surface area contributed by atoms with Gasteiger partial charge in [0.05, 0.1) is 12.8 Å². The first-order valence-corrected chi connectivity index (χ1v) is 13.8. The second kappa shape index (κ2) is 12.2. The first-order chi connectivity index (χ1) is 19.7. The summed E-state index contributed by atoms with van der Waals surface area (Å²) in [6.07, 6.45) is 1.47. The normalized spacial score (nSPS) is 22.8. The van der Waals surface area contributed by atoms with E-state index in [1.165, 1.54) is 0 Å². The van der Waals surface area contributed by atoms with Gasteiger partial charge in [-0.3, -0.25) is 4.79 Å². The summed E-state index contributed by atoms with van der Waals surface area (Å²) < 4.78 is 5.68. The molecule has 41 heavy (non-hydrogen) atoms. The molecule has 0 aliphatic carbocycles. The lowest BCUT2D eigenvalue weighted by Gasteiger charge is -2.37. The van der Waals surface area contributed by atoms with E-state index in [1.54, 1.807) is 25.3 Å². The van der Waals surface area contributed by atoms with Crippen molar-refractivity contribution in [3.63, 3.8) is 0 Å². The van der Waals surface area contributed by atoms with Gasteiger partial charge < -0.3 is 48.1 Å². The lowest BCUT2D eigenvalue weighted by molar-refractivity contribution is 0.102. The van der Waals surface area contributed by atoms with Crippen LogP contribution in [0.15, 0.2) is 42.5 Å². The Hall–Kier alpha value is -4.04.